The van der Waals surface area contributed by atoms with Gasteiger partial charge in [0.2, 0.25) is 0 Å². The summed E-state index contributed by atoms with van der Waals surface area (Å²) in [4.78, 5) is 21.3. The van der Waals surface area contributed by atoms with E-state index in [1.54, 1.807) is 0 Å². The number of aliphatic imine (C=N–C) groups is 1. The predicted octanol–water partition coefficient (Wildman–Crippen LogP) is 2.20. The Morgan fingerprint density at radius 2 is 2.04 bits per heavy atom. The van der Waals surface area contributed by atoms with Crippen molar-refractivity contribution in [2.24, 2.45) is 4.99 Å². The van der Waals surface area contributed by atoms with E-state index in [1.165, 1.54) is 0 Å². The van der Waals surface area contributed by atoms with Crippen molar-refractivity contribution in [3.63, 3.8) is 0 Å². The number of guanidine groups is 1. The van der Waals surface area contributed by atoms with E-state index in [-0.39, 0.29) is 36.0 Å². The third-order valence-corrected chi connectivity index (χ3v) is 4.98. The maximum Gasteiger partial charge on any atom is 0.251 e. The zero-order valence-electron chi connectivity index (χ0n) is 17.0. The molecule has 3 rings (SSSR count). The molecule has 8 nitrogen and oxygen atoms in total. The van der Waals surface area contributed by atoms with Gasteiger partial charge >= 0.3 is 0 Å². The lowest BCUT2D eigenvalue weighted by Crippen LogP contribution is -2.55. The maximum atomic E-state index is 12.5. The van der Waals surface area contributed by atoms with Crippen LogP contribution >= 0.6 is 24.0 Å². The van der Waals surface area contributed by atoms with Crippen molar-refractivity contribution < 1.29 is 14.1 Å². The van der Waals surface area contributed by atoms with Gasteiger partial charge in [0.1, 0.15) is 12.6 Å². The minimum Gasteiger partial charge on any atom is -0.368 e. The molecule has 1 aromatic heterocycles. The van der Waals surface area contributed by atoms with Crippen LogP contribution in [0.25, 0.3) is 0 Å². The highest BCUT2D eigenvalue weighted by Gasteiger charge is 2.30. The summed E-state index contributed by atoms with van der Waals surface area (Å²) < 4.78 is 10.9. The number of carbonyl (C=O) groups excluding carboxylic acids is 1. The summed E-state index contributed by atoms with van der Waals surface area (Å²) in [7, 11) is 0. The molecule has 0 aromatic carbocycles. The number of carbonyl (C=O) groups is 1. The molecule has 0 spiro atoms. The molecule has 1 atom stereocenters. The van der Waals surface area contributed by atoms with E-state index in [1.807, 2.05) is 11.0 Å². The van der Waals surface area contributed by atoms with Gasteiger partial charge in [-0.15, -0.1) is 24.0 Å². The first-order valence-electron chi connectivity index (χ1n) is 9.97. The number of amides is 1. The smallest absolute Gasteiger partial charge is 0.251 e. The summed E-state index contributed by atoms with van der Waals surface area (Å²) in [5.74, 6) is 2.09. The fourth-order valence-corrected chi connectivity index (χ4v) is 3.37. The number of nitrogens with one attached hydrogen (secondary N) is 1. The first-order valence-corrected chi connectivity index (χ1v) is 9.97. The Kier molecular flexibility index (Phi) is 9.00. The highest BCUT2D eigenvalue weighted by Crippen LogP contribution is 2.17. The average Bonchev–Trinajstić information content (AvgIpc) is 3.36. The van der Waals surface area contributed by atoms with Crippen LogP contribution in [0.1, 0.15) is 51.0 Å². The van der Waals surface area contributed by atoms with E-state index in [0.717, 1.165) is 49.9 Å². The maximum absolute atomic E-state index is 12.5. The van der Waals surface area contributed by atoms with Crippen molar-refractivity contribution in [2.45, 2.75) is 52.2 Å². The lowest BCUT2D eigenvalue weighted by atomic mass is 10.1. The standard InChI is InChI=1S/C19H31N5O3.HI/c1-4-20-19(21-13-15-12-16(14(2)3)22-27-15)24-9-7-23(8-10-24)18(25)17-6-5-11-26-17;/h12,14,17H,4-11,13H2,1-3H3,(H,20,21);1H. The Labute approximate surface area is 184 Å². The number of aromatic nitrogens is 1. The molecule has 1 aromatic rings. The molecule has 2 aliphatic heterocycles. The van der Waals surface area contributed by atoms with Crippen molar-refractivity contribution in [3.8, 4) is 0 Å². The van der Waals surface area contributed by atoms with E-state index in [0.29, 0.717) is 32.2 Å². The Morgan fingerprint density at radius 3 is 2.61 bits per heavy atom. The van der Waals surface area contributed by atoms with Gasteiger partial charge in [0.25, 0.3) is 5.91 Å². The first kappa shape index (κ1) is 22.9. The average molecular weight is 505 g/mol. The second-order valence-electron chi connectivity index (χ2n) is 7.36. The topological polar surface area (TPSA) is 83.2 Å². The highest BCUT2D eigenvalue weighted by molar-refractivity contribution is 14.0. The van der Waals surface area contributed by atoms with Gasteiger partial charge in [0.15, 0.2) is 11.7 Å². The van der Waals surface area contributed by atoms with E-state index < -0.39 is 0 Å². The predicted molar refractivity (Wildman–Crippen MR) is 118 cm³/mol. The van der Waals surface area contributed by atoms with Gasteiger partial charge < -0.3 is 24.4 Å². The minimum absolute atomic E-state index is 0. The number of rotatable bonds is 5. The molecule has 1 amide bonds. The van der Waals surface area contributed by atoms with Gasteiger partial charge in [-0.05, 0) is 25.7 Å². The van der Waals surface area contributed by atoms with E-state index in [4.69, 9.17) is 14.3 Å². The Bertz CT molecular complexity index is 650. The zero-order valence-corrected chi connectivity index (χ0v) is 19.3. The van der Waals surface area contributed by atoms with Crippen LogP contribution < -0.4 is 5.32 Å². The fourth-order valence-electron chi connectivity index (χ4n) is 3.37. The summed E-state index contributed by atoms with van der Waals surface area (Å²) in [6.45, 7) is 11.1. The molecule has 0 saturated carbocycles. The monoisotopic (exact) mass is 505 g/mol. The minimum atomic E-state index is -0.236. The van der Waals surface area contributed by atoms with Crippen LogP contribution in [0.5, 0.6) is 0 Å². The van der Waals surface area contributed by atoms with Crippen LogP contribution in [0.3, 0.4) is 0 Å². The van der Waals surface area contributed by atoms with Crippen molar-refractivity contribution in [3.05, 3.63) is 17.5 Å². The van der Waals surface area contributed by atoms with Gasteiger partial charge in [-0.2, -0.15) is 0 Å². The number of nitrogens with zero attached hydrogens (tertiary/aromatic N) is 4. The Morgan fingerprint density at radius 1 is 1.32 bits per heavy atom. The molecular weight excluding hydrogens is 473 g/mol. The number of ether oxygens (including phenoxy) is 1. The molecule has 0 radical (unpaired) electrons. The molecule has 2 saturated heterocycles. The molecular formula is C19H32IN5O3. The first-order chi connectivity index (χ1) is 13.1. The molecule has 0 bridgehead atoms. The zero-order chi connectivity index (χ0) is 19.2. The molecule has 1 unspecified atom stereocenters. The van der Waals surface area contributed by atoms with Crippen LogP contribution in [0.15, 0.2) is 15.6 Å². The number of hydrogen-bond donors (Lipinski definition) is 1. The molecule has 158 valence electrons. The van der Waals surface area contributed by atoms with E-state index >= 15 is 0 Å². The highest BCUT2D eigenvalue weighted by atomic mass is 127. The largest absolute Gasteiger partial charge is 0.368 e. The molecule has 9 heteroatoms. The Hall–Kier alpha value is -1.36. The van der Waals surface area contributed by atoms with Gasteiger partial charge in [-0.25, -0.2) is 4.99 Å². The molecule has 1 N–H and O–H groups in total. The van der Waals surface area contributed by atoms with Crippen molar-refractivity contribution in [1.82, 2.24) is 20.3 Å². The molecule has 3 heterocycles. The molecule has 2 fully saturated rings. The summed E-state index contributed by atoms with van der Waals surface area (Å²) >= 11 is 0. The summed E-state index contributed by atoms with van der Waals surface area (Å²) in [5, 5.41) is 7.42. The van der Waals surface area contributed by atoms with Gasteiger partial charge in [-0.3, -0.25) is 4.79 Å². The summed E-state index contributed by atoms with van der Waals surface area (Å²) in [6, 6.07) is 1.97. The second kappa shape index (κ2) is 11.0. The van der Waals surface area contributed by atoms with E-state index in [9.17, 15) is 4.79 Å². The number of hydrogen-bond acceptors (Lipinski definition) is 5. The fraction of sp³-hybridized carbons (Fsp3) is 0.737. The van der Waals surface area contributed by atoms with Gasteiger partial charge in [0, 0.05) is 45.4 Å². The van der Waals surface area contributed by atoms with Crippen molar-refractivity contribution in [1.29, 1.82) is 0 Å². The van der Waals surface area contributed by atoms with Crippen LogP contribution in [0.2, 0.25) is 0 Å². The van der Waals surface area contributed by atoms with Crippen LogP contribution in [0.4, 0.5) is 0 Å². The normalized spacial score (nSPS) is 20.4. The van der Waals surface area contributed by atoms with Crippen LogP contribution in [-0.2, 0) is 16.1 Å². The van der Waals surface area contributed by atoms with E-state index in [2.05, 4.69) is 36.1 Å². The second-order valence-corrected chi connectivity index (χ2v) is 7.36. The lowest BCUT2D eigenvalue weighted by Gasteiger charge is -2.37. The molecule has 2 aliphatic rings. The van der Waals surface area contributed by atoms with Gasteiger partial charge in [-0.1, -0.05) is 19.0 Å². The molecule has 0 aliphatic carbocycles. The van der Waals surface area contributed by atoms with Crippen molar-refractivity contribution >= 4 is 35.8 Å². The SMILES string of the molecule is CCNC(=NCc1cc(C(C)C)no1)N1CCN(C(=O)C2CCCO2)CC1.I. The quantitative estimate of drug-likeness (QED) is 0.376. The third kappa shape index (κ3) is 5.82. The van der Waals surface area contributed by atoms with Crippen LogP contribution in [-0.4, -0.2) is 72.3 Å². The number of halogens is 1. The summed E-state index contributed by atoms with van der Waals surface area (Å²) in [5.41, 5.74) is 0.950. The third-order valence-electron chi connectivity index (χ3n) is 4.98. The summed E-state index contributed by atoms with van der Waals surface area (Å²) in [6.07, 6.45) is 1.59. The molecule has 28 heavy (non-hydrogen) atoms. The Balaban J connectivity index is 0.00000280. The lowest BCUT2D eigenvalue weighted by molar-refractivity contribution is -0.142. The van der Waals surface area contributed by atoms with Crippen LogP contribution in [0, 0.1) is 0 Å². The van der Waals surface area contributed by atoms with Gasteiger partial charge in [0.05, 0.1) is 5.69 Å². The van der Waals surface area contributed by atoms with Crippen molar-refractivity contribution in [2.75, 3.05) is 39.3 Å². The number of piperazine rings is 1.